The predicted octanol–water partition coefficient (Wildman–Crippen LogP) is 0.515. The predicted molar refractivity (Wildman–Crippen MR) is 66.7 cm³/mol. The molecule has 0 aromatic carbocycles. The van der Waals surface area contributed by atoms with E-state index in [-0.39, 0.29) is 0 Å². The number of nitrogens with zero attached hydrogens (tertiary/aromatic N) is 4. The van der Waals surface area contributed by atoms with Crippen LogP contribution in [0.2, 0.25) is 0 Å². The smallest absolute Gasteiger partial charge is 0.191 e. The molecule has 0 aliphatic heterocycles. The minimum atomic E-state index is 0.565. The van der Waals surface area contributed by atoms with Crippen LogP contribution in [0.5, 0.6) is 0 Å². The summed E-state index contributed by atoms with van der Waals surface area (Å²) in [6, 6.07) is 0.608. The zero-order valence-corrected chi connectivity index (χ0v) is 10.5. The molecule has 0 spiro atoms. The molecule has 1 aromatic heterocycles. The molecular formula is C11H20N6. The summed E-state index contributed by atoms with van der Waals surface area (Å²) in [6.45, 7) is 6.46. The lowest BCUT2D eigenvalue weighted by atomic mass is 10.5. The van der Waals surface area contributed by atoms with Gasteiger partial charge < -0.3 is 15.2 Å². The molecule has 17 heavy (non-hydrogen) atoms. The fourth-order valence-electron chi connectivity index (χ4n) is 1.56. The summed E-state index contributed by atoms with van der Waals surface area (Å²) in [7, 11) is 0. The highest BCUT2D eigenvalue weighted by Crippen LogP contribution is 2.18. The fraction of sp³-hybridized carbons (Fsp3) is 0.727. The molecule has 0 radical (unpaired) electrons. The fourth-order valence-corrected chi connectivity index (χ4v) is 1.56. The van der Waals surface area contributed by atoms with Crippen LogP contribution in [0.3, 0.4) is 0 Å². The largest absolute Gasteiger partial charge is 0.357 e. The second kappa shape index (κ2) is 5.65. The van der Waals surface area contributed by atoms with Gasteiger partial charge in [0.25, 0.3) is 0 Å². The molecule has 0 atom stereocenters. The number of aromatic nitrogens is 3. The van der Waals surface area contributed by atoms with Gasteiger partial charge in [-0.2, -0.15) is 0 Å². The number of hydrogen-bond donors (Lipinski definition) is 2. The Labute approximate surface area is 102 Å². The number of aryl methyl sites for hydroxylation is 1. The molecule has 1 aliphatic carbocycles. The van der Waals surface area contributed by atoms with E-state index < -0.39 is 0 Å². The van der Waals surface area contributed by atoms with Gasteiger partial charge in [0.2, 0.25) is 0 Å². The van der Waals surface area contributed by atoms with Crippen LogP contribution in [-0.4, -0.2) is 33.3 Å². The maximum Gasteiger partial charge on any atom is 0.191 e. The zero-order valence-electron chi connectivity index (χ0n) is 10.5. The first-order valence-electron chi connectivity index (χ1n) is 6.25. The maximum atomic E-state index is 4.52. The lowest BCUT2D eigenvalue weighted by molar-refractivity contribution is 0.694. The zero-order chi connectivity index (χ0) is 12.1. The molecule has 0 saturated heterocycles. The standard InChI is InChI=1S/C11H20N6/c1-3-12-11(15-9-5-6-9)13-7-10-16-14-8-17(10)4-2/h8-9H,3-7H2,1-2H3,(H2,12,13,15). The number of aliphatic imine (C=N–C) groups is 1. The normalized spacial score (nSPS) is 16.0. The molecule has 0 unspecified atom stereocenters. The Morgan fingerprint density at radius 1 is 1.53 bits per heavy atom. The molecule has 94 valence electrons. The van der Waals surface area contributed by atoms with E-state index in [4.69, 9.17) is 0 Å². The van der Waals surface area contributed by atoms with Gasteiger partial charge in [0.15, 0.2) is 11.8 Å². The minimum Gasteiger partial charge on any atom is -0.357 e. The van der Waals surface area contributed by atoms with E-state index in [1.54, 1.807) is 6.33 Å². The lowest BCUT2D eigenvalue weighted by Gasteiger charge is -2.10. The van der Waals surface area contributed by atoms with Gasteiger partial charge in [0.05, 0.1) is 0 Å². The topological polar surface area (TPSA) is 67.1 Å². The highest BCUT2D eigenvalue weighted by Gasteiger charge is 2.22. The molecule has 2 N–H and O–H groups in total. The van der Waals surface area contributed by atoms with Gasteiger partial charge in [-0.1, -0.05) is 0 Å². The van der Waals surface area contributed by atoms with E-state index in [0.717, 1.165) is 24.9 Å². The highest BCUT2D eigenvalue weighted by atomic mass is 15.3. The first-order valence-corrected chi connectivity index (χ1v) is 6.25. The summed E-state index contributed by atoms with van der Waals surface area (Å²) in [4.78, 5) is 4.52. The van der Waals surface area contributed by atoms with Crippen LogP contribution < -0.4 is 10.6 Å². The van der Waals surface area contributed by atoms with Crippen LogP contribution in [0.15, 0.2) is 11.3 Å². The highest BCUT2D eigenvalue weighted by molar-refractivity contribution is 5.80. The van der Waals surface area contributed by atoms with Crippen molar-refractivity contribution in [3.8, 4) is 0 Å². The molecule has 0 amide bonds. The van der Waals surface area contributed by atoms with Crippen molar-refractivity contribution in [2.75, 3.05) is 6.54 Å². The number of guanidine groups is 1. The Morgan fingerprint density at radius 3 is 3.00 bits per heavy atom. The Balaban J connectivity index is 1.95. The first kappa shape index (κ1) is 11.9. The Hall–Kier alpha value is -1.59. The Bertz CT molecular complexity index is 379. The number of hydrogen-bond acceptors (Lipinski definition) is 3. The van der Waals surface area contributed by atoms with Gasteiger partial charge in [-0.15, -0.1) is 10.2 Å². The molecule has 1 aromatic rings. The van der Waals surface area contributed by atoms with E-state index >= 15 is 0 Å². The quantitative estimate of drug-likeness (QED) is 0.577. The summed E-state index contributed by atoms with van der Waals surface area (Å²) < 4.78 is 2.00. The first-order chi connectivity index (χ1) is 8.33. The van der Waals surface area contributed by atoms with Gasteiger partial charge in [-0.05, 0) is 26.7 Å². The Morgan fingerprint density at radius 2 is 2.35 bits per heavy atom. The third-order valence-corrected chi connectivity index (χ3v) is 2.68. The van der Waals surface area contributed by atoms with E-state index in [9.17, 15) is 0 Å². The third kappa shape index (κ3) is 3.44. The van der Waals surface area contributed by atoms with Gasteiger partial charge in [-0.3, -0.25) is 0 Å². The summed E-state index contributed by atoms with van der Waals surface area (Å²) in [6.07, 6.45) is 4.23. The molecule has 6 heteroatoms. The van der Waals surface area contributed by atoms with Crippen molar-refractivity contribution >= 4 is 5.96 Å². The second-order valence-corrected chi connectivity index (χ2v) is 4.15. The molecule has 1 fully saturated rings. The molecule has 6 nitrogen and oxygen atoms in total. The molecule has 1 heterocycles. The maximum absolute atomic E-state index is 4.52. The minimum absolute atomic E-state index is 0.565. The van der Waals surface area contributed by atoms with Crippen LogP contribution in [0.25, 0.3) is 0 Å². The summed E-state index contributed by atoms with van der Waals surface area (Å²) in [5.41, 5.74) is 0. The lowest BCUT2D eigenvalue weighted by Crippen LogP contribution is -2.38. The van der Waals surface area contributed by atoms with E-state index in [0.29, 0.717) is 12.6 Å². The van der Waals surface area contributed by atoms with Crippen LogP contribution in [0, 0.1) is 0 Å². The monoisotopic (exact) mass is 236 g/mol. The van der Waals surface area contributed by atoms with Crippen molar-refractivity contribution in [3.05, 3.63) is 12.2 Å². The van der Waals surface area contributed by atoms with Crippen molar-refractivity contribution in [1.82, 2.24) is 25.4 Å². The van der Waals surface area contributed by atoms with E-state index in [2.05, 4.69) is 39.7 Å². The molecule has 2 rings (SSSR count). The summed E-state index contributed by atoms with van der Waals surface area (Å²) in [5.74, 6) is 1.78. The van der Waals surface area contributed by atoms with Crippen molar-refractivity contribution in [2.24, 2.45) is 4.99 Å². The van der Waals surface area contributed by atoms with Crippen molar-refractivity contribution in [2.45, 2.75) is 45.8 Å². The molecule has 1 saturated carbocycles. The molecule has 0 bridgehead atoms. The van der Waals surface area contributed by atoms with Crippen LogP contribution >= 0.6 is 0 Å². The number of nitrogens with one attached hydrogen (secondary N) is 2. The Kier molecular flexibility index (Phi) is 3.95. The van der Waals surface area contributed by atoms with Crippen LogP contribution in [-0.2, 0) is 13.1 Å². The van der Waals surface area contributed by atoms with Crippen LogP contribution in [0.4, 0.5) is 0 Å². The van der Waals surface area contributed by atoms with Crippen molar-refractivity contribution in [3.63, 3.8) is 0 Å². The van der Waals surface area contributed by atoms with Gasteiger partial charge in [0.1, 0.15) is 12.9 Å². The number of rotatable bonds is 5. The summed E-state index contributed by atoms with van der Waals surface area (Å²) in [5, 5.41) is 14.6. The summed E-state index contributed by atoms with van der Waals surface area (Å²) >= 11 is 0. The van der Waals surface area contributed by atoms with E-state index in [1.165, 1.54) is 12.8 Å². The van der Waals surface area contributed by atoms with Crippen LogP contribution in [0.1, 0.15) is 32.5 Å². The van der Waals surface area contributed by atoms with Crippen molar-refractivity contribution in [1.29, 1.82) is 0 Å². The SMILES string of the molecule is CCNC(=NCc1nncn1CC)NC1CC1. The van der Waals surface area contributed by atoms with Crippen molar-refractivity contribution < 1.29 is 0 Å². The molecule has 1 aliphatic rings. The van der Waals surface area contributed by atoms with Gasteiger partial charge in [0, 0.05) is 19.1 Å². The van der Waals surface area contributed by atoms with Gasteiger partial charge >= 0.3 is 0 Å². The van der Waals surface area contributed by atoms with E-state index in [1.807, 2.05) is 4.57 Å². The third-order valence-electron chi connectivity index (χ3n) is 2.68. The second-order valence-electron chi connectivity index (χ2n) is 4.15. The molecular weight excluding hydrogens is 216 g/mol. The average molecular weight is 236 g/mol. The van der Waals surface area contributed by atoms with Gasteiger partial charge in [-0.25, -0.2) is 4.99 Å². The average Bonchev–Trinajstić information content (AvgIpc) is 3.03.